The van der Waals surface area contributed by atoms with Crippen molar-refractivity contribution >= 4 is 5.97 Å². The Bertz CT molecular complexity index is 346. The molecule has 1 aromatic rings. The van der Waals surface area contributed by atoms with E-state index < -0.39 is 12.0 Å². The van der Waals surface area contributed by atoms with Crippen molar-refractivity contribution in [3.05, 3.63) is 29.8 Å². The Morgan fingerprint density at radius 3 is 2.25 bits per heavy atom. The molecule has 0 spiro atoms. The zero-order chi connectivity index (χ0) is 12.1. The van der Waals surface area contributed by atoms with Crippen LogP contribution in [0, 0.1) is 0 Å². The van der Waals surface area contributed by atoms with Crippen LogP contribution in [0.15, 0.2) is 24.3 Å². The summed E-state index contributed by atoms with van der Waals surface area (Å²) in [5.74, 6) is 0.313. The lowest BCUT2D eigenvalue weighted by atomic mass is 10.1. The van der Waals surface area contributed by atoms with E-state index in [2.05, 4.69) is 0 Å². The summed E-state index contributed by atoms with van der Waals surface area (Å²) < 4.78 is 10.0. The highest BCUT2D eigenvalue weighted by Crippen LogP contribution is 2.17. The smallest absolute Gasteiger partial charge is 0.327 e. The van der Waals surface area contributed by atoms with E-state index in [0.29, 0.717) is 5.56 Å². The minimum absolute atomic E-state index is 0.156. The van der Waals surface area contributed by atoms with Crippen LogP contribution in [0.2, 0.25) is 0 Å². The summed E-state index contributed by atoms with van der Waals surface area (Å²) in [6, 6.07) is 6.29. The van der Waals surface area contributed by atoms with Gasteiger partial charge in [0.1, 0.15) is 11.8 Å². The Labute approximate surface area is 95.3 Å². The maximum Gasteiger partial charge on any atom is 0.327 e. The lowest BCUT2D eigenvalue weighted by molar-refractivity contribution is -0.149. The second kappa shape index (κ2) is 5.51. The number of rotatable bonds is 4. The molecule has 0 aliphatic rings. The summed E-state index contributed by atoms with van der Waals surface area (Å²) in [5.41, 5.74) is 6.48. The van der Waals surface area contributed by atoms with Gasteiger partial charge in [-0.2, -0.15) is 0 Å². The van der Waals surface area contributed by atoms with Gasteiger partial charge in [-0.3, -0.25) is 0 Å². The second-order valence-electron chi connectivity index (χ2n) is 3.74. The summed E-state index contributed by atoms with van der Waals surface area (Å²) >= 11 is 0. The first-order chi connectivity index (χ1) is 7.54. The lowest BCUT2D eigenvalue weighted by Crippen LogP contribution is -2.26. The average molecular weight is 223 g/mol. The number of carbonyl (C=O) groups excluding carboxylic acids is 1. The molecule has 0 fully saturated rings. The first kappa shape index (κ1) is 12.5. The van der Waals surface area contributed by atoms with Crippen molar-refractivity contribution in [1.82, 2.24) is 0 Å². The fraction of sp³-hybridized carbons (Fsp3) is 0.417. The number of methoxy groups -OCH3 is 1. The van der Waals surface area contributed by atoms with Gasteiger partial charge in [0, 0.05) is 0 Å². The summed E-state index contributed by atoms with van der Waals surface area (Å²) in [6.45, 7) is 3.58. The molecular weight excluding hydrogens is 206 g/mol. The number of ether oxygens (including phenoxy) is 2. The first-order valence-electron chi connectivity index (χ1n) is 5.14. The minimum atomic E-state index is -0.742. The highest BCUT2D eigenvalue weighted by Gasteiger charge is 2.18. The Morgan fingerprint density at radius 2 is 1.81 bits per heavy atom. The number of hydrogen-bond acceptors (Lipinski definition) is 4. The molecule has 88 valence electrons. The van der Waals surface area contributed by atoms with E-state index in [9.17, 15) is 4.79 Å². The molecule has 1 aromatic carbocycles. The highest BCUT2D eigenvalue weighted by atomic mass is 16.5. The van der Waals surface area contributed by atoms with E-state index in [4.69, 9.17) is 15.2 Å². The summed E-state index contributed by atoms with van der Waals surface area (Å²) in [5, 5.41) is 0. The van der Waals surface area contributed by atoms with Crippen LogP contribution in [0.5, 0.6) is 5.75 Å². The van der Waals surface area contributed by atoms with Crippen LogP contribution in [-0.2, 0) is 9.53 Å². The normalized spacial score (nSPS) is 12.3. The van der Waals surface area contributed by atoms with Gasteiger partial charge in [-0.25, -0.2) is 4.79 Å². The fourth-order valence-corrected chi connectivity index (χ4v) is 1.25. The summed E-state index contributed by atoms with van der Waals surface area (Å²) in [7, 11) is 1.59. The van der Waals surface area contributed by atoms with E-state index >= 15 is 0 Å². The largest absolute Gasteiger partial charge is 0.497 e. The van der Waals surface area contributed by atoms with E-state index in [0.717, 1.165) is 5.75 Å². The van der Waals surface area contributed by atoms with Gasteiger partial charge in [0.15, 0.2) is 0 Å². The van der Waals surface area contributed by atoms with Gasteiger partial charge in [0.25, 0.3) is 0 Å². The van der Waals surface area contributed by atoms with Crippen LogP contribution < -0.4 is 10.5 Å². The molecule has 0 radical (unpaired) electrons. The molecule has 0 heterocycles. The molecule has 0 aliphatic heterocycles. The van der Waals surface area contributed by atoms with E-state index in [-0.39, 0.29) is 6.10 Å². The SMILES string of the molecule is COc1ccc([C@@H](N)C(=O)OC(C)C)cc1. The maximum atomic E-state index is 11.5. The minimum Gasteiger partial charge on any atom is -0.497 e. The highest BCUT2D eigenvalue weighted by molar-refractivity contribution is 5.77. The predicted octanol–water partition coefficient (Wildman–Crippen LogP) is 1.65. The summed E-state index contributed by atoms with van der Waals surface area (Å²) in [4.78, 5) is 11.5. The van der Waals surface area contributed by atoms with Gasteiger partial charge < -0.3 is 15.2 Å². The molecule has 16 heavy (non-hydrogen) atoms. The Morgan fingerprint density at radius 1 is 1.25 bits per heavy atom. The molecule has 4 nitrogen and oxygen atoms in total. The Hall–Kier alpha value is -1.55. The Balaban J connectivity index is 2.72. The van der Waals surface area contributed by atoms with Crippen LogP contribution in [0.25, 0.3) is 0 Å². The van der Waals surface area contributed by atoms with Gasteiger partial charge in [0.2, 0.25) is 0 Å². The van der Waals surface area contributed by atoms with Crippen molar-refractivity contribution in [2.45, 2.75) is 26.0 Å². The van der Waals surface area contributed by atoms with Crippen molar-refractivity contribution in [1.29, 1.82) is 0 Å². The van der Waals surface area contributed by atoms with Crippen molar-refractivity contribution in [3.8, 4) is 5.75 Å². The number of esters is 1. The third kappa shape index (κ3) is 3.24. The number of carbonyl (C=O) groups is 1. The van der Waals surface area contributed by atoms with Crippen LogP contribution in [0.4, 0.5) is 0 Å². The van der Waals surface area contributed by atoms with Crippen molar-refractivity contribution in [2.24, 2.45) is 5.73 Å². The van der Waals surface area contributed by atoms with Gasteiger partial charge in [0.05, 0.1) is 13.2 Å². The van der Waals surface area contributed by atoms with Gasteiger partial charge in [-0.15, -0.1) is 0 Å². The standard InChI is InChI=1S/C12H17NO3/c1-8(2)16-12(14)11(13)9-4-6-10(15-3)7-5-9/h4-8,11H,13H2,1-3H3/t11-/m1/s1. The van der Waals surface area contributed by atoms with E-state index in [1.54, 1.807) is 45.2 Å². The monoisotopic (exact) mass is 223 g/mol. The average Bonchev–Trinajstić information content (AvgIpc) is 2.27. The first-order valence-corrected chi connectivity index (χ1v) is 5.14. The molecule has 1 rings (SSSR count). The van der Waals surface area contributed by atoms with Gasteiger partial charge in [-0.05, 0) is 31.5 Å². The molecule has 0 amide bonds. The molecule has 4 heteroatoms. The van der Waals surface area contributed by atoms with E-state index in [1.807, 2.05) is 0 Å². The quantitative estimate of drug-likeness (QED) is 0.788. The molecule has 0 saturated heterocycles. The molecule has 0 unspecified atom stereocenters. The van der Waals surface area contributed by atoms with Crippen LogP contribution in [-0.4, -0.2) is 19.2 Å². The number of benzene rings is 1. The zero-order valence-electron chi connectivity index (χ0n) is 9.77. The molecular formula is C12H17NO3. The van der Waals surface area contributed by atoms with Crippen molar-refractivity contribution in [3.63, 3.8) is 0 Å². The van der Waals surface area contributed by atoms with Crippen LogP contribution in [0.3, 0.4) is 0 Å². The summed E-state index contributed by atoms with van der Waals surface area (Å²) in [6.07, 6.45) is -0.156. The van der Waals surface area contributed by atoms with Gasteiger partial charge in [-0.1, -0.05) is 12.1 Å². The van der Waals surface area contributed by atoms with E-state index in [1.165, 1.54) is 0 Å². The van der Waals surface area contributed by atoms with Crippen molar-refractivity contribution in [2.75, 3.05) is 7.11 Å². The molecule has 0 aromatic heterocycles. The third-order valence-corrected chi connectivity index (χ3v) is 2.08. The topological polar surface area (TPSA) is 61.5 Å². The van der Waals surface area contributed by atoms with Gasteiger partial charge >= 0.3 is 5.97 Å². The fourth-order valence-electron chi connectivity index (χ4n) is 1.25. The molecule has 0 saturated carbocycles. The number of nitrogens with two attached hydrogens (primary N) is 1. The second-order valence-corrected chi connectivity index (χ2v) is 3.74. The molecule has 0 aliphatic carbocycles. The van der Waals surface area contributed by atoms with Crippen molar-refractivity contribution < 1.29 is 14.3 Å². The number of hydrogen-bond donors (Lipinski definition) is 1. The van der Waals surface area contributed by atoms with Crippen LogP contribution in [0.1, 0.15) is 25.5 Å². The molecule has 2 N–H and O–H groups in total. The Kier molecular flexibility index (Phi) is 4.31. The van der Waals surface area contributed by atoms with Crippen LogP contribution >= 0.6 is 0 Å². The zero-order valence-corrected chi connectivity index (χ0v) is 9.77. The molecule has 1 atom stereocenters. The maximum absolute atomic E-state index is 11.5. The third-order valence-electron chi connectivity index (χ3n) is 2.08. The predicted molar refractivity (Wildman–Crippen MR) is 61.2 cm³/mol. The molecule has 0 bridgehead atoms. The lowest BCUT2D eigenvalue weighted by Gasteiger charge is -2.14.